The normalized spacial score (nSPS) is 25.2. The summed E-state index contributed by atoms with van der Waals surface area (Å²) in [7, 11) is 0. The summed E-state index contributed by atoms with van der Waals surface area (Å²) in [6.45, 7) is 6.14. The van der Waals surface area contributed by atoms with Crippen LogP contribution in [0.5, 0.6) is 0 Å². The average Bonchev–Trinajstić information content (AvgIpc) is 2.96. The highest BCUT2D eigenvalue weighted by molar-refractivity contribution is 5.85. The van der Waals surface area contributed by atoms with Crippen LogP contribution in [0.1, 0.15) is 19.2 Å². The quantitative estimate of drug-likeness (QED) is 0.844. The van der Waals surface area contributed by atoms with Crippen molar-refractivity contribution in [3.8, 4) is 0 Å². The van der Waals surface area contributed by atoms with Gasteiger partial charge in [0.1, 0.15) is 5.82 Å². The largest absolute Gasteiger partial charge is 0.333 e. The Bertz CT molecular complexity index is 443. The molecule has 0 radical (unpaired) electrons. The molecule has 1 atom stereocenters. The van der Waals surface area contributed by atoms with E-state index in [1.807, 2.05) is 17.3 Å². The molecule has 2 aliphatic rings. The van der Waals surface area contributed by atoms with Crippen LogP contribution in [0.3, 0.4) is 0 Å². The number of nitrogens with zero attached hydrogens (tertiary/aromatic N) is 3. The lowest BCUT2D eigenvalue weighted by Gasteiger charge is -2.34. The first-order chi connectivity index (χ1) is 8.19. The van der Waals surface area contributed by atoms with Crippen LogP contribution < -0.4 is 5.32 Å². The van der Waals surface area contributed by atoms with Crippen molar-refractivity contribution in [3.05, 3.63) is 18.2 Å². The molecule has 3 heterocycles. The minimum Gasteiger partial charge on any atom is -0.333 e. The molecular weight excluding hydrogens is 287 g/mol. The molecule has 0 aliphatic carbocycles. The molecule has 1 amide bonds. The summed E-state index contributed by atoms with van der Waals surface area (Å²) in [5, 5.41) is 3.28. The van der Waals surface area contributed by atoms with Gasteiger partial charge in [-0.2, -0.15) is 0 Å². The smallest absolute Gasteiger partial charge is 0.230 e. The van der Waals surface area contributed by atoms with Crippen LogP contribution in [-0.2, 0) is 17.9 Å². The van der Waals surface area contributed by atoms with E-state index in [0.29, 0.717) is 6.54 Å². The molecule has 1 N–H and O–H groups in total. The first-order valence-electron chi connectivity index (χ1n) is 6.19. The minimum absolute atomic E-state index is 0. The van der Waals surface area contributed by atoms with Crippen molar-refractivity contribution in [3.63, 3.8) is 0 Å². The molecule has 7 heteroatoms. The van der Waals surface area contributed by atoms with Gasteiger partial charge in [0.2, 0.25) is 5.91 Å². The summed E-state index contributed by atoms with van der Waals surface area (Å²) in [4.78, 5) is 18.7. The molecular formula is C12H20Cl2N4O. The number of hydrogen-bond acceptors (Lipinski definition) is 3. The van der Waals surface area contributed by atoms with Crippen LogP contribution in [0.2, 0.25) is 0 Å². The highest BCUT2D eigenvalue weighted by Gasteiger charge is 2.40. The van der Waals surface area contributed by atoms with Gasteiger partial charge in [-0.1, -0.05) is 0 Å². The maximum atomic E-state index is 12.5. The van der Waals surface area contributed by atoms with Gasteiger partial charge in [0.15, 0.2) is 0 Å². The topological polar surface area (TPSA) is 50.2 Å². The Kier molecular flexibility index (Phi) is 5.24. The molecule has 1 saturated heterocycles. The van der Waals surface area contributed by atoms with Gasteiger partial charge in [0.25, 0.3) is 0 Å². The van der Waals surface area contributed by atoms with E-state index in [2.05, 4.69) is 21.8 Å². The fourth-order valence-electron chi connectivity index (χ4n) is 2.73. The van der Waals surface area contributed by atoms with Crippen molar-refractivity contribution in [2.45, 2.75) is 26.4 Å². The highest BCUT2D eigenvalue weighted by atomic mass is 35.5. The molecule has 0 bridgehead atoms. The van der Waals surface area contributed by atoms with E-state index in [1.54, 1.807) is 0 Å². The maximum absolute atomic E-state index is 12.5. The van der Waals surface area contributed by atoms with Gasteiger partial charge in [-0.25, -0.2) is 4.98 Å². The zero-order valence-corrected chi connectivity index (χ0v) is 12.6. The first-order valence-corrected chi connectivity index (χ1v) is 6.19. The molecule has 0 saturated carbocycles. The van der Waals surface area contributed by atoms with Crippen molar-refractivity contribution < 1.29 is 4.79 Å². The van der Waals surface area contributed by atoms with Gasteiger partial charge in [0.05, 0.1) is 12.0 Å². The SMILES string of the molecule is CC1(C(=O)N2CCn3ccnc3C2)CCNC1.Cl.Cl. The van der Waals surface area contributed by atoms with Crippen LogP contribution in [0.4, 0.5) is 0 Å². The molecule has 3 rings (SSSR count). The monoisotopic (exact) mass is 306 g/mol. The molecule has 108 valence electrons. The van der Waals surface area contributed by atoms with E-state index in [4.69, 9.17) is 0 Å². The second-order valence-electron chi connectivity index (χ2n) is 5.25. The van der Waals surface area contributed by atoms with Gasteiger partial charge in [-0.15, -0.1) is 24.8 Å². The van der Waals surface area contributed by atoms with E-state index >= 15 is 0 Å². The van der Waals surface area contributed by atoms with Crippen molar-refractivity contribution in [1.29, 1.82) is 0 Å². The molecule has 5 nitrogen and oxygen atoms in total. The van der Waals surface area contributed by atoms with Gasteiger partial charge in [0, 0.05) is 32.0 Å². The standard InChI is InChI=1S/C12H18N4O.2ClH/c1-12(2-3-13-9-12)11(17)16-7-6-15-5-4-14-10(15)8-16;;/h4-5,13H,2-3,6-9H2,1H3;2*1H. The molecule has 19 heavy (non-hydrogen) atoms. The third kappa shape index (κ3) is 2.88. The van der Waals surface area contributed by atoms with E-state index in [-0.39, 0.29) is 36.1 Å². The van der Waals surface area contributed by atoms with E-state index in [1.165, 1.54) is 0 Å². The maximum Gasteiger partial charge on any atom is 0.230 e. The number of amides is 1. The summed E-state index contributed by atoms with van der Waals surface area (Å²) in [5.74, 6) is 1.27. The molecule has 1 unspecified atom stereocenters. The Morgan fingerprint density at radius 3 is 2.89 bits per heavy atom. The van der Waals surface area contributed by atoms with Crippen LogP contribution >= 0.6 is 24.8 Å². The van der Waals surface area contributed by atoms with Crippen molar-refractivity contribution in [1.82, 2.24) is 19.8 Å². The third-order valence-electron chi connectivity index (χ3n) is 3.92. The summed E-state index contributed by atoms with van der Waals surface area (Å²) in [5.41, 5.74) is -0.214. The summed E-state index contributed by atoms with van der Waals surface area (Å²) in [6, 6.07) is 0. The third-order valence-corrected chi connectivity index (χ3v) is 3.92. The number of aromatic nitrogens is 2. The number of halogens is 2. The highest BCUT2D eigenvalue weighted by Crippen LogP contribution is 2.28. The summed E-state index contributed by atoms with van der Waals surface area (Å²) in [6.07, 6.45) is 4.73. The summed E-state index contributed by atoms with van der Waals surface area (Å²) >= 11 is 0. The number of hydrogen-bond donors (Lipinski definition) is 1. The van der Waals surface area contributed by atoms with Crippen molar-refractivity contribution in [2.24, 2.45) is 5.41 Å². The molecule has 1 fully saturated rings. The van der Waals surface area contributed by atoms with Gasteiger partial charge >= 0.3 is 0 Å². The molecule has 1 aromatic rings. The van der Waals surface area contributed by atoms with E-state index in [0.717, 1.165) is 38.4 Å². The fourth-order valence-corrected chi connectivity index (χ4v) is 2.73. The number of nitrogens with one attached hydrogen (secondary N) is 1. The minimum atomic E-state index is -0.214. The molecule has 0 aromatic carbocycles. The Morgan fingerprint density at radius 1 is 1.42 bits per heavy atom. The fraction of sp³-hybridized carbons (Fsp3) is 0.667. The zero-order chi connectivity index (χ0) is 11.9. The number of carbonyl (C=O) groups excluding carboxylic acids is 1. The van der Waals surface area contributed by atoms with Crippen LogP contribution in [0.15, 0.2) is 12.4 Å². The predicted molar refractivity (Wildman–Crippen MR) is 77.7 cm³/mol. The summed E-state index contributed by atoms with van der Waals surface area (Å²) < 4.78 is 2.12. The van der Waals surface area contributed by atoms with Crippen molar-refractivity contribution >= 4 is 30.7 Å². The van der Waals surface area contributed by atoms with E-state index in [9.17, 15) is 4.79 Å². The second-order valence-corrected chi connectivity index (χ2v) is 5.25. The Balaban J connectivity index is 0.000000902. The lowest BCUT2D eigenvalue weighted by Crippen LogP contribution is -2.46. The van der Waals surface area contributed by atoms with Crippen LogP contribution in [0, 0.1) is 5.41 Å². The zero-order valence-electron chi connectivity index (χ0n) is 11.0. The van der Waals surface area contributed by atoms with Gasteiger partial charge < -0.3 is 14.8 Å². The van der Waals surface area contributed by atoms with Crippen LogP contribution in [0.25, 0.3) is 0 Å². The van der Waals surface area contributed by atoms with Crippen LogP contribution in [-0.4, -0.2) is 40.0 Å². The average molecular weight is 307 g/mol. The lowest BCUT2D eigenvalue weighted by molar-refractivity contribution is -0.141. The number of rotatable bonds is 1. The number of carbonyl (C=O) groups is 1. The molecule has 2 aliphatic heterocycles. The number of fused-ring (bicyclic) bond motifs is 1. The Hall–Kier alpha value is -0.780. The van der Waals surface area contributed by atoms with Crippen molar-refractivity contribution in [2.75, 3.05) is 19.6 Å². The second kappa shape index (κ2) is 6.11. The van der Waals surface area contributed by atoms with Gasteiger partial charge in [-0.3, -0.25) is 4.79 Å². The van der Waals surface area contributed by atoms with E-state index < -0.39 is 0 Å². The molecule has 0 spiro atoms. The number of imidazole rings is 1. The Labute approximate surface area is 125 Å². The van der Waals surface area contributed by atoms with Gasteiger partial charge in [-0.05, 0) is 19.9 Å². The lowest BCUT2D eigenvalue weighted by atomic mass is 9.88. The first kappa shape index (κ1) is 16.3. The predicted octanol–water partition coefficient (Wildman–Crippen LogP) is 1.07. The molecule has 1 aromatic heterocycles. The Morgan fingerprint density at radius 2 is 2.21 bits per heavy atom.